The zero-order chi connectivity index (χ0) is 15.2. The molecule has 1 rings (SSSR count). The largest absolute Gasteiger partial charge is 0.462 e. The summed E-state index contributed by atoms with van der Waals surface area (Å²) < 4.78 is 4.98. The Kier molecular flexibility index (Phi) is 5.50. The summed E-state index contributed by atoms with van der Waals surface area (Å²) in [5.41, 5.74) is 0.643. The van der Waals surface area contributed by atoms with Crippen molar-refractivity contribution >= 4 is 17.4 Å². The van der Waals surface area contributed by atoms with Crippen molar-refractivity contribution in [2.24, 2.45) is 5.41 Å². The molecule has 0 aliphatic rings. The molecule has 0 spiro atoms. The van der Waals surface area contributed by atoms with Gasteiger partial charge in [0.15, 0.2) is 5.78 Å². The van der Waals surface area contributed by atoms with Gasteiger partial charge in [0.2, 0.25) is 0 Å². The van der Waals surface area contributed by atoms with Crippen molar-refractivity contribution < 1.29 is 14.3 Å². The van der Waals surface area contributed by atoms with E-state index in [1.807, 2.05) is 26.8 Å². The second-order valence-electron chi connectivity index (χ2n) is 5.36. The molecule has 0 aliphatic carbocycles. The molecular weight excluding hydrogens is 254 g/mol. The normalized spacial score (nSPS) is 11.4. The molecule has 0 saturated carbocycles. The van der Waals surface area contributed by atoms with E-state index in [1.54, 1.807) is 31.3 Å². The van der Waals surface area contributed by atoms with E-state index in [9.17, 15) is 9.59 Å². The van der Waals surface area contributed by atoms with E-state index in [0.717, 1.165) is 0 Å². The number of esters is 1. The molecular formula is C16H21NO3. The standard InChI is InChI=1S/C16H21NO3/c1-5-20-15(19)12-8-6-7-9-13(12)17-11-10-14(18)16(2,3)4/h6-11,17H,5H2,1-4H3/b11-10+. The van der Waals surface area contributed by atoms with Crippen LogP contribution in [0.3, 0.4) is 0 Å². The van der Waals surface area contributed by atoms with Gasteiger partial charge in [-0.05, 0) is 25.1 Å². The maximum absolute atomic E-state index is 11.8. The number of ketones is 1. The first-order chi connectivity index (χ1) is 9.36. The van der Waals surface area contributed by atoms with Crippen LogP contribution in [0.2, 0.25) is 0 Å². The van der Waals surface area contributed by atoms with Crippen LogP contribution in [0.25, 0.3) is 0 Å². The number of nitrogens with one attached hydrogen (secondary N) is 1. The van der Waals surface area contributed by atoms with Gasteiger partial charge in [0, 0.05) is 11.6 Å². The van der Waals surface area contributed by atoms with E-state index in [2.05, 4.69) is 5.32 Å². The van der Waals surface area contributed by atoms with Crippen LogP contribution in [0.5, 0.6) is 0 Å². The Hall–Kier alpha value is -2.10. The molecule has 0 aromatic heterocycles. The molecule has 4 heteroatoms. The van der Waals surface area contributed by atoms with E-state index < -0.39 is 5.41 Å². The van der Waals surface area contributed by atoms with E-state index in [4.69, 9.17) is 4.74 Å². The molecule has 20 heavy (non-hydrogen) atoms. The molecule has 0 atom stereocenters. The van der Waals surface area contributed by atoms with Gasteiger partial charge < -0.3 is 10.1 Å². The third-order valence-corrected chi connectivity index (χ3v) is 2.64. The highest BCUT2D eigenvalue weighted by molar-refractivity contribution is 5.96. The van der Waals surface area contributed by atoms with Crippen molar-refractivity contribution in [1.29, 1.82) is 0 Å². The van der Waals surface area contributed by atoms with Crippen LogP contribution in [0.1, 0.15) is 38.1 Å². The first-order valence-electron chi connectivity index (χ1n) is 6.60. The minimum Gasteiger partial charge on any atom is -0.462 e. The van der Waals surface area contributed by atoms with Crippen LogP contribution in [-0.4, -0.2) is 18.4 Å². The van der Waals surface area contributed by atoms with Gasteiger partial charge in [-0.3, -0.25) is 4.79 Å². The van der Waals surface area contributed by atoms with E-state index in [1.165, 1.54) is 6.08 Å². The first-order valence-corrected chi connectivity index (χ1v) is 6.60. The molecule has 0 saturated heterocycles. The maximum atomic E-state index is 11.8. The van der Waals surface area contributed by atoms with Crippen LogP contribution in [0.4, 0.5) is 5.69 Å². The van der Waals surface area contributed by atoms with Crippen molar-refractivity contribution in [2.75, 3.05) is 11.9 Å². The van der Waals surface area contributed by atoms with Crippen LogP contribution < -0.4 is 5.32 Å². The van der Waals surface area contributed by atoms with Crippen molar-refractivity contribution in [3.8, 4) is 0 Å². The fourth-order valence-corrected chi connectivity index (χ4v) is 1.45. The van der Waals surface area contributed by atoms with Gasteiger partial charge in [0.05, 0.1) is 17.9 Å². The maximum Gasteiger partial charge on any atom is 0.340 e. The summed E-state index contributed by atoms with van der Waals surface area (Å²) >= 11 is 0. The number of carbonyl (C=O) groups is 2. The van der Waals surface area contributed by atoms with Crippen molar-refractivity contribution in [3.63, 3.8) is 0 Å². The predicted octanol–water partition coefficient (Wildman–Crippen LogP) is 3.40. The highest BCUT2D eigenvalue weighted by Gasteiger charge is 2.18. The Bertz CT molecular complexity index is 513. The molecule has 0 heterocycles. The quantitative estimate of drug-likeness (QED) is 0.661. The van der Waals surface area contributed by atoms with Crippen LogP contribution in [0, 0.1) is 5.41 Å². The van der Waals surface area contributed by atoms with Crippen LogP contribution in [-0.2, 0) is 9.53 Å². The molecule has 1 N–H and O–H groups in total. The molecule has 108 valence electrons. The van der Waals surface area contributed by atoms with Gasteiger partial charge in [-0.1, -0.05) is 32.9 Å². The average molecular weight is 275 g/mol. The lowest BCUT2D eigenvalue weighted by Gasteiger charge is -2.13. The van der Waals surface area contributed by atoms with Crippen molar-refractivity contribution in [2.45, 2.75) is 27.7 Å². The zero-order valence-electron chi connectivity index (χ0n) is 12.4. The molecule has 0 fully saturated rings. The van der Waals surface area contributed by atoms with Crippen molar-refractivity contribution in [1.82, 2.24) is 0 Å². The number of carbonyl (C=O) groups excluding carboxylic acids is 2. The number of para-hydroxylation sites is 1. The summed E-state index contributed by atoms with van der Waals surface area (Å²) in [5, 5.41) is 2.95. The fourth-order valence-electron chi connectivity index (χ4n) is 1.45. The van der Waals surface area contributed by atoms with E-state index in [0.29, 0.717) is 17.9 Å². The zero-order valence-corrected chi connectivity index (χ0v) is 12.4. The van der Waals surface area contributed by atoms with Crippen molar-refractivity contribution in [3.05, 3.63) is 42.1 Å². The minimum atomic E-state index is -0.418. The smallest absolute Gasteiger partial charge is 0.340 e. The second kappa shape index (κ2) is 6.89. The first kappa shape index (κ1) is 16.0. The van der Waals surface area contributed by atoms with E-state index >= 15 is 0 Å². The summed E-state index contributed by atoms with van der Waals surface area (Å²) in [6.07, 6.45) is 3.02. The Balaban J connectivity index is 2.81. The lowest BCUT2D eigenvalue weighted by molar-refractivity contribution is -0.121. The van der Waals surface area contributed by atoms with Crippen LogP contribution in [0.15, 0.2) is 36.5 Å². The lowest BCUT2D eigenvalue weighted by atomic mass is 9.91. The van der Waals surface area contributed by atoms with Gasteiger partial charge in [0.1, 0.15) is 0 Å². The van der Waals surface area contributed by atoms with Gasteiger partial charge in [-0.15, -0.1) is 0 Å². The average Bonchev–Trinajstić information content (AvgIpc) is 2.38. The molecule has 0 amide bonds. The summed E-state index contributed by atoms with van der Waals surface area (Å²) in [5.74, 6) is -0.371. The molecule has 0 bridgehead atoms. The van der Waals surface area contributed by atoms with Crippen LogP contribution >= 0.6 is 0 Å². The van der Waals surface area contributed by atoms with Gasteiger partial charge in [-0.25, -0.2) is 4.79 Å². The summed E-state index contributed by atoms with van der Waals surface area (Å²) in [7, 11) is 0. The third kappa shape index (κ3) is 4.53. The SMILES string of the molecule is CCOC(=O)c1ccccc1N/C=C/C(=O)C(C)(C)C. The van der Waals surface area contributed by atoms with Gasteiger partial charge in [-0.2, -0.15) is 0 Å². The van der Waals surface area contributed by atoms with Gasteiger partial charge >= 0.3 is 5.97 Å². The second-order valence-corrected chi connectivity index (χ2v) is 5.36. The molecule has 4 nitrogen and oxygen atoms in total. The highest BCUT2D eigenvalue weighted by Crippen LogP contribution is 2.17. The third-order valence-electron chi connectivity index (χ3n) is 2.64. The minimum absolute atomic E-state index is 0.0126. The molecule has 0 radical (unpaired) electrons. The van der Waals surface area contributed by atoms with E-state index in [-0.39, 0.29) is 11.8 Å². The Morgan fingerprint density at radius 2 is 1.90 bits per heavy atom. The molecule has 1 aromatic carbocycles. The number of anilines is 1. The monoisotopic (exact) mass is 275 g/mol. The number of hydrogen-bond acceptors (Lipinski definition) is 4. The van der Waals surface area contributed by atoms with Gasteiger partial charge in [0.25, 0.3) is 0 Å². The number of benzene rings is 1. The Morgan fingerprint density at radius 3 is 2.50 bits per heavy atom. The highest BCUT2D eigenvalue weighted by atomic mass is 16.5. The number of rotatable bonds is 5. The molecule has 1 aromatic rings. The lowest BCUT2D eigenvalue weighted by Crippen LogP contribution is -2.17. The fraction of sp³-hybridized carbons (Fsp3) is 0.375. The number of hydrogen-bond donors (Lipinski definition) is 1. The molecule has 0 unspecified atom stereocenters. The Labute approximate surface area is 119 Å². The Morgan fingerprint density at radius 1 is 1.25 bits per heavy atom. The predicted molar refractivity (Wildman–Crippen MR) is 79.6 cm³/mol. The summed E-state index contributed by atoms with van der Waals surface area (Å²) in [6.45, 7) is 7.64. The number of ether oxygens (including phenoxy) is 1. The molecule has 0 aliphatic heterocycles. The summed E-state index contributed by atoms with van der Waals surface area (Å²) in [4.78, 5) is 23.5. The summed E-state index contributed by atoms with van der Waals surface area (Å²) in [6, 6.07) is 7.02. The topological polar surface area (TPSA) is 55.4 Å². The number of allylic oxidation sites excluding steroid dienone is 1.